The first-order chi connectivity index (χ1) is 8.91. The highest BCUT2D eigenvalue weighted by molar-refractivity contribution is 6.34. The van der Waals surface area contributed by atoms with Gasteiger partial charge in [-0.2, -0.15) is 0 Å². The SMILES string of the molecule is Cc1cccc(C(=O)NCC(C)CCC(=O)O)c1Cl. The van der Waals surface area contributed by atoms with Crippen molar-refractivity contribution in [3.8, 4) is 0 Å². The Morgan fingerprint density at radius 2 is 2.11 bits per heavy atom. The van der Waals surface area contributed by atoms with Crippen molar-refractivity contribution in [3.63, 3.8) is 0 Å². The molecule has 0 saturated heterocycles. The summed E-state index contributed by atoms with van der Waals surface area (Å²) in [7, 11) is 0. The Labute approximate surface area is 117 Å². The molecule has 1 aromatic carbocycles. The van der Waals surface area contributed by atoms with Crippen LogP contribution >= 0.6 is 11.6 Å². The molecule has 0 aromatic heterocycles. The van der Waals surface area contributed by atoms with Crippen LogP contribution in [0.4, 0.5) is 0 Å². The summed E-state index contributed by atoms with van der Waals surface area (Å²) in [5.74, 6) is -0.931. The smallest absolute Gasteiger partial charge is 0.303 e. The Hall–Kier alpha value is -1.55. The van der Waals surface area contributed by atoms with E-state index in [0.717, 1.165) is 5.56 Å². The average molecular weight is 284 g/mol. The number of aryl methyl sites for hydroxylation is 1. The Morgan fingerprint density at radius 1 is 1.42 bits per heavy atom. The van der Waals surface area contributed by atoms with Gasteiger partial charge in [-0.1, -0.05) is 30.7 Å². The molecule has 1 atom stereocenters. The molecule has 5 heteroatoms. The topological polar surface area (TPSA) is 66.4 Å². The average Bonchev–Trinajstić information content (AvgIpc) is 2.36. The molecule has 104 valence electrons. The molecule has 0 aliphatic rings. The number of carbonyl (C=O) groups excluding carboxylic acids is 1. The fourth-order valence-electron chi connectivity index (χ4n) is 1.66. The minimum atomic E-state index is -0.820. The molecule has 1 amide bonds. The number of carbonyl (C=O) groups is 2. The van der Waals surface area contributed by atoms with Crippen LogP contribution in [-0.4, -0.2) is 23.5 Å². The molecule has 1 unspecified atom stereocenters. The van der Waals surface area contributed by atoms with Crippen molar-refractivity contribution in [2.24, 2.45) is 5.92 Å². The second-order valence-electron chi connectivity index (χ2n) is 4.68. The first-order valence-corrected chi connectivity index (χ1v) is 6.54. The van der Waals surface area contributed by atoms with Gasteiger partial charge in [-0.05, 0) is 30.9 Å². The third kappa shape index (κ3) is 4.91. The second kappa shape index (κ2) is 7.14. The van der Waals surface area contributed by atoms with E-state index in [9.17, 15) is 9.59 Å². The summed E-state index contributed by atoms with van der Waals surface area (Å²) in [6, 6.07) is 5.30. The van der Waals surface area contributed by atoms with Crippen LogP contribution in [-0.2, 0) is 4.79 Å². The molecule has 0 spiro atoms. The summed E-state index contributed by atoms with van der Waals surface area (Å²) in [6.07, 6.45) is 0.652. The molecular weight excluding hydrogens is 266 g/mol. The molecule has 19 heavy (non-hydrogen) atoms. The highest BCUT2D eigenvalue weighted by Crippen LogP contribution is 2.20. The standard InChI is InChI=1S/C14H18ClNO3/c1-9(6-7-12(17)18)8-16-14(19)11-5-3-4-10(2)13(11)15/h3-5,9H,6-8H2,1-2H3,(H,16,19)(H,17,18). The largest absolute Gasteiger partial charge is 0.481 e. The number of hydrogen-bond acceptors (Lipinski definition) is 2. The molecule has 0 radical (unpaired) electrons. The highest BCUT2D eigenvalue weighted by atomic mass is 35.5. The lowest BCUT2D eigenvalue weighted by Gasteiger charge is -2.12. The number of carboxylic acid groups (broad SMARTS) is 1. The van der Waals surface area contributed by atoms with Gasteiger partial charge in [0.25, 0.3) is 5.91 Å². The maximum atomic E-state index is 11.9. The summed E-state index contributed by atoms with van der Waals surface area (Å²) in [5.41, 5.74) is 1.31. The normalized spacial score (nSPS) is 11.9. The maximum absolute atomic E-state index is 11.9. The van der Waals surface area contributed by atoms with Crippen LogP contribution in [0.5, 0.6) is 0 Å². The zero-order chi connectivity index (χ0) is 14.4. The van der Waals surface area contributed by atoms with Gasteiger partial charge in [0, 0.05) is 13.0 Å². The molecule has 0 heterocycles. The van der Waals surface area contributed by atoms with Crippen LogP contribution < -0.4 is 5.32 Å². The van der Waals surface area contributed by atoms with E-state index in [2.05, 4.69) is 5.32 Å². The lowest BCUT2D eigenvalue weighted by Crippen LogP contribution is -2.28. The minimum Gasteiger partial charge on any atom is -0.481 e. The minimum absolute atomic E-state index is 0.113. The molecule has 0 aliphatic carbocycles. The van der Waals surface area contributed by atoms with E-state index in [0.29, 0.717) is 23.6 Å². The number of amides is 1. The van der Waals surface area contributed by atoms with Crippen LogP contribution in [0.3, 0.4) is 0 Å². The van der Waals surface area contributed by atoms with Gasteiger partial charge < -0.3 is 10.4 Å². The van der Waals surface area contributed by atoms with E-state index in [1.54, 1.807) is 12.1 Å². The number of rotatable bonds is 6. The Morgan fingerprint density at radius 3 is 2.74 bits per heavy atom. The van der Waals surface area contributed by atoms with Gasteiger partial charge in [-0.15, -0.1) is 0 Å². The van der Waals surface area contributed by atoms with Gasteiger partial charge >= 0.3 is 5.97 Å². The number of hydrogen-bond donors (Lipinski definition) is 2. The van der Waals surface area contributed by atoms with Gasteiger partial charge in [-0.25, -0.2) is 0 Å². The molecule has 0 bridgehead atoms. The van der Waals surface area contributed by atoms with Crippen LogP contribution in [0.1, 0.15) is 35.7 Å². The highest BCUT2D eigenvalue weighted by Gasteiger charge is 2.13. The first-order valence-electron chi connectivity index (χ1n) is 6.17. The Kier molecular flexibility index (Phi) is 5.83. The van der Waals surface area contributed by atoms with Gasteiger partial charge in [0.1, 0.15) is 0 Å². The summed E-state index contributed by atoms with van der Waals surface area (Å²) in [6.45, 7) is 4.19. The Bertz CT molecular complexity index is 474. The van der Waals surface area contributed by atoms with E-state index in [1.807, 2.05) is 19.9 Å². The number of aliphatic carboxylic acids is 1. The van der Waals surface area contributed by atoms with Crippen molar-refractivity contribution >= 4 is 23.5 Å². The monoisotopic (exact) mass is 283 g/mol. The molecule has 0 fully saturated rings. The molecular formula is C14H18ClNO3. The zero-order valence-corrected chi connectivity index (χ0v) is 11.8. The quantitative estimate of drug-likeness (QED) is 0.843. The van der Waals surface area contributed by atoms with Gasteiger partial charge in [0.15, 0.2) is 0 Å². The second-order valence-corrected chi connectivity index (χ2v) is 5.06. The van der Waals surface area contributed by atoms with E-state index in [1.165, 1.54) is 0 Å². The molecule has 2 N–H and O–H groups in total. The number of benzene rings is 1. The van der Waals surface area contributed by atoms with E-state index < -0.39 is 5.97 Å². The van der Waals surface area contributed by atoms with Crippen LogP contribution in [0, 0.1) is 12.8 Å². The Balaban J connectivity index is 2.51. The van der Waals surface area contributed by atoms with Crippen molar-refractivity contribution in [2.45, 2.75) is 26.7 Å². The molecule has 0 aliphatic heterocycles. The maximum Gasteiger partial charge on any atom is 0.303 e. The van der Waals surface area contributed by atoms with E-state index >= 15 is 0 Å². The van der Waals surface area contributed by atoms with Crippen molar-refractivity contribution in [3.05, 3.63) is 34.3 Å². The van der Waals surface area contributed by atoms with E-state index in [-0.39, 0.29) is 18.2 Å². The first kappa shape index (κ1) is 15.5. The fraction of sp³-hybridized carbons (Fsp3) is 0.429. The summed E-state index contributed by atoms with van der Waals surface area (Å²) < 4.78 is 0. The zero-order valence-electron chi connectivity index (χ0n) is 11.1. The van der Waals surface area contributed by atoms with Crippen molar-refractivity contribution in [2.75, 3.05) is 6.54 Å². The lowest BCUT2D eigenvalue weighted by atomic mass is 10.1. The third-order valence-electron chi connectivity index (χ3n) is 2.90. The van der Waals surface area contributed by atoms with Gasteiger partial charge in [0.05, 0.1) is 10.6 Å². The van der Waals surface area contributed by atoms with Crippen molar-refractivity contribution in [1.29, 1.82) is 0 Å². The molecule has 1 rings (SSSR count). The van der Waals surface area contributed by atoms with Crippen molar-refractivity contribution < 1.29 is 14.7 Å². The predicted molar refractivity (Wildman–Crippen MR) is 74.6 cm³/mol. The van der Waals surface area contributed by atoms with Crippen LogP contribution in [0.25, 0.3) is 0 Å². The van der Waals surface area contributed by atoms with E-state index in [4.69, 9.17) is 16.7 Å². The summed E-state index contributed by atoms with van der Waals surface area (Å²) in [4.78, 5) is 22.4. The number of halogens is 1. The number of nitrogens with one attached hydrogen (secondary N) is 1. The van der Waals surface area contributed by atoms with Crippen LogP contribution in [0.2, 0.25) is 5.02 Å². The number of carboxylic acids is 1. The molecule has 1 aromatic rings. The van der Waals surface area contributed by atoms with Crippen LogP contribution in [0.15, 0.2) is 18.2 Å². The fourth-order valence-corrected chi connectivity index (χ4v) is 1.87. The predicted octanol–water partition coefficient (Wildman–Crippen LogP) is 2.88. The summed E-state index contributed by atoms with van der Waals surface area (Å²) in [5, 5.41) is 11.8. The third-order valence-corrected chi connectivity index (χ3v) is 3.40. The molecule has 0 saturated carbocycles. The van der Waals surface area contributed by atoms with Crippen molar-refractivity contribution in [1.82, 2.24) is 5.32 Å². The summed E-state index contributed by atoms with van der Waals surface area (Å²) >= 11 is 6.07. The lowest BCUT2D eigenvalue weighted by molar-refractivity contribution is -0.137. The van der Waals surface area contributed by atoms with Gasteiger partial charge in [0.2, 0.25) is 0 Å². The molecule has 4 nitrogen and oxygen atoms in total. The van der Waals surface area contributed by atoms with Gasteiger partial charge in [-0.3, -0.25) is 9.59 Å².